The molecule has 6 heteroatoms. The first-order chi connectivity index (χ1) is 9.94. The second-order valence-electron chi connectivity index (χ2n) is 4.20. The van der Waals surface area contributed by atoms with Gasteiger partial charge in [0.1, 0.15) is 11.5 Å². The number of nitrogens with zero attached hydrogens (tertiary/aromatic N) is 1. The molecule has 108 valence electrons. The van der Waals surface area contributed by atoms with Crippen molar-refractivity contribution in [3.05, 3.63) is 59.2 Å². The number of hydrogen-bond acceptors (Lipinski definition) is 2. The van der Waals surface area contributed by atoms with E-state index in [0.29, 0.717) is 11.1 Å². The minimum absolute atomic E-state index is 0.0655. The van der Waals surface area contributed by atoms with Crippen molar-refractivity contribution in [2.45, 2.75) is 11.5 Å². The fourth-order valence-electron chi connectivity index (χ4n) is 1.68. The molecule has 0 fully saturated rings. The van der Waals surface area contributed by atoms with Gasteiger partial charge in [-0.15, -0.1) is 0 Å². The van der Waals surface area contributed by atoms with E-state index in [1.54, 1.807) is 30.3 Å². The van der Waals surface area contributed by atoms with Gasteiger partial charge >= 0.3 is 6.18 Å². The molecule has 0 spiro atoms. The lowest BCUT2D eigenvalue weighted by Crippen LogP contribution is -2.07. The monoisotopic (exact) mass is 355 g/mol. The molecular weight excluding hydrogens is 347 g/mol. The Hall–Kier alpha value is -2.00. The normalized spacial score (nSPS) is 11.0. The molecule has 0 saturated carbocycles. The van der Waals surface area contributed by atoms with E-state index in [-0.39, 0.29) is 11.3 Å². The number of alkyl halides is 4. The quantitative estimate of drug-likeness (QED) is 0.703. The Morgan fingerprint density at radius 3 is 2.29 bits per heavy atom. The Kier molecular flexibility index (Phi) is 4.53. The van der Waals surface area contributed by atoms with Crippen molar-refractivity contribution >= 4 is 15.9 Å². The fourth-order valence-corrected chi connectivity index (χ4v) is 2.06. The number of halogens is 4. The third-order valence-electron chi connectivity index (χ3n) is 2.72. The molecule has 0 atom stereocenters. The van der Waals surface area contributed by atoms with Gasteiger partial charge in [0.2, 0.25) is 0 Å². The lowest BCUT2D eigenvalue weighted by atomic mass is 10.1. The first-order valence-corrected chi connectivity index (χ1v) is 7.00. The molecular formula is C15H9BrF3NO. The lowest BCUT2D eigenvalue weighted by Gasteiger charge is -2.14. The van der Waals surface area contributed by atoms with E-state index in [9.17, 15) is 13.2 Å². The smallest absolute Gasteiger partial charge is 0.420 e. The molecule has 0 saturated heterocycles. The largest absolute Gasteiger partial charge is 0.457 e. The van der Waals surface area contributed by atoms with Gasteiger partial charge in [-0.3, -0.25) is 0 Å². The molecule has 2 rings (SSSR count). The number of hydrogen-bond donors (Lipinski definition) is 0. The molecule has 0 aliphatic rings. The third kappa shape index (κ3) is 3.76. The van der Waals surface area contributed by atoms with Gasteiger partial charge in [-0.05, 0) is 35.9 Å². The molecule has 0 N–H and O–H groups in total. The van der Waals surface area contributed by atoms with Gasteiger partial charge in [-0.25, -0.2) is 0 Å². The van der Waals surface area contributed by atoms with E-state index in [1.807, 2.05) is 0 Å². The summed E-state index contributed by atoms with van der Waals surface area (Å²) < 4.78 is 44.3. The Labute approximate surface area is 127 Å². The zero-order valence-corrected chi connectivity index (χ0v) is 12.2. The van der Waals surface area contributed by atoms with Crippen LogP contribution in [0.2, 0.25) is 0 Å². The predicted octanol–water partition coefficient (Wildman–Crippen LogP) is 5.26. The van der Waals surface area contributed by atoms with Crippen LogP contribution in [0.3, 0.4) is 0 Å². The molecule has 0 unspecified atom stereocenters. The van der Waals surface area contributed by atoms with Crippen molar-refractivity contribution in [2.24, 2.45) is 0 Å². The van der Waals surface area contributed by atoms with E-state index < -0.39 is 11.7 Å². The highest BCUT2D eigenvalue weighted by Gasteiger charge is 2.35. The Morgan fingerprint density at radius 1 is 1.10 bits per heavy atom. The summed E-state index contributed by atoms with van der Waals surface area (Å²) in [6.07, 6.45) is -4.59. The van der Waals surface area contributed by atoms with Crippen molar-refractivity contribution in [1.82, 2.24) is 0 Å². The van der Waals surface area contributed by atoms with Gasteiger partial charge in [0.05, 0.1) is 17.2 Å². The highest BCUT2D eigenvalue weighted by Crippen LogP contribution is 2.38. The lowest BCUT2D eigenvalue weighted by molar-refractivity contribution is -0.138. The van der Waals surface area contributed by atoms with Gasteiger partial charge in [-0.1, -0.05) is 28.1 Å². The van der Waals surface area contributed by atoms with Crippen molar-refractivity contribution < 1.29 is 17.9 Å². The molecule has 21 heavy (non-hydrogen) atoms. The summed E-state index contributed by atoms with van der Waals surface area (Å²) in [7, 11) is 0. The van der Waals surface area contributed by atoms with Gasteiger partial charge in [-0.2, -0.15) is 18.4 Å². The molecule has 0 aromatic heterocycles. The maximum absolute atomic E-state index is 13.0. The summed E-state index contributed by atoms with van der Waals surface area (Å²) >= 11 is 3.28. The van der Waals surface area contributed by atoms with Gasteiger partial charge in [0.25, 0.3) is 0 Å². The summed E-state index contributed by atoms with van der Waals surface area (Å²) in [5.74, 6) is -0.0250. The second-order valence-corrected chi connectivity index (χ2v) is 4.76. The Morgan fingerprint density at radius 2 is 1.76 bits per heavy atom. The van der Waals surface area contributed by atoms with Crippen LogP contribution >= 0.6 is 15.9 Å². The molecule has 0 aliphatic carbocycles. The highest BCUT2D eigenvalue weighted by atomic mass is 79.9. The zero-order valence-electron chi connectivity index (χ0n) is 10.6. The molecule has 0 aliphatic heterocycles. The summed E-state index contributed by atoms with van der Waals surface area (Å²) in [5.41, 5.74) is -0.0475. The average Bonchev–Trinajstić information content (AvgIpc) is 2.47. The van der Waals surface area contributed by atoms with Crippen LogP contribution in [0, 0.1) is 11.3 Å². The summed E-state index contributed by atoms with van der Waals surface area (Å²) in [6.45, 7) is 0. The number of nitriles is 1. The first-order valence-electron chi connectivity index (χ1n) is 5.88. The van der Waals surface area contributed by atoms with Crippen LogP contribution in [0.15, 0.2) is 42.5 Å². The van der Waals surface area contributed by atoms with Gasteiger partial charge in [0.15, 0.2) is 0 Å². The predicted molar refractivity (Wildman–Crippen MR) is 75.3 cm³/mol. The van der Waals surface area contributed by atoms with Crippen molar-refractivity contribution in [3.8, 4) is 17.6 Å². The summed E-state index contributed by atoms with van der Waals surface area (Å²) in [5, 5.41) is 9.35. The zero-order chi connectivity index (χ0) is 15.5. The minimum atomic E-state index is -4.59. The second kappa shape index (κ2) is 6.19. The third-order valence-corrected chi connectivity index (χ3v) is 3.37. The van der Waals surface area contributed by atoms with Gasteiger partial charge < -0.3 is 4.74 Å². The fraction of sp³-hybridized carbons (Fsp3) is 0.133. The van der Waals surface area contributed by atoms with E-state index in [0.717, 1.165) is 17.7 Å². The van der Waals surface area contributed by atoms with E-state index >= 15 is 0 Å². The Balaban J connectivity index is 2.36. The SMILES string of the molecule is N#Cc1ccc(Oc2ccc(CBr)cc2)c(C(F)(F)F)c1. The first kappa shape index (κ1) is 15.4. The number of benzene rings is 2. The minimum Gasteiger partial charge on any atom is -0.457 e. The molecule has 0 radical (unpaired) electrons. The van der Waals surface area contributed by atoms with E-state index in [1.165, 1.54) is 6.07 Å². The van der Waals surface area contributed by atoms with Crippen LogP contribution in [0.4, 0.5) is 13.2 Å². The van der Waals surface area contributed by atoms with Crippen LogP contribution in [0.5, 0.6) is 11.5 Å². The molecule has 2 aromatic rings. The molecule has 0 amide bonds. The maximum atomic E-state index is 13.0. The number of rotatable bonds is 3. The van der Waals surface area contributed by atoms with Crippen LogP contribution in [0.25, 0.3) is 0 Å². The maximum Gasteiger partial charge on any atom is 0.420 e. The van der Waals surface area contributed by atoms with Gasteiger partial charge in [0, 0.05) is 5.33 Å². The van der Waals surface area contributed by atoms with Crippen LogP contribution in [0.1, 0.15) is 16.7 Å². The summed E-state index contributed by atoms with van der Waals surface area (Å²) in [6, 6.07) is 11.6. The van der Waals surface area contributed by atoms with Crippen molar-refractivity contribution in [1.29, 1.82) is 5.26 Å². The van der Waals surface area contributed by atoms with Crippen LogP contribution < -0.4 is 4.74 Å². The van der Waals surface area contributed by atoms with Crippen LogP contribution in [-0.2, 0) is 11.5 Å². The Bertz CT molecular complexity index is 675. The van der Waals surface area contributed by atoms with E-state index in [2.05, 4.69) is 15.9 Å². The molecule has 2 aromatic carbocycles. The topological polar surface area (TPSA) is 33.0 Å². The van der Waals surface area contributed by atoms with E-state index in [4.69, 9.17) is 10.00 Å². The average molecular weight is 356 g/mol. The molecule has 0 heterocycles. The van der Waals surface area contributed by atoms with Crippen molar-refractivity contribution in [2.75, 3.05) is 0 Å². The molecule has 2 nitrogen and oxygen atoms in total. The molecule has 0 bridgehead atoms. The summed E-state index contributed by atoms with van der Waals surface area (Å²) in [4.78, 5) is 0. The number of ether oxygens (including phenoxy) is 1. The van der Waals surface area contributed by atoms with Crippen molar-refractivity contribution in [3.63, 3.8) is 0 Å². The standard InChI is InChI=1S/C15H9BrF3NO/c16-8-10-1-4-12(5-2-10)21-14-6-3-11(9-20)7-13(14)15(17,18)19/h1-7H,8H2. The highest BCUT2D eigenvalue weighted by molar-refractivity contribution is 9.08. The van der Waals surface area contributed by atoms with Crippen LogP contribution in [-0.4, -0.2) is 0 Å².